The van der Waals surface area contributed by atoms with Crippen LogP contribution in [0.15, 0.2) is 0 Å². The number of carbonyl (C=O) groups excluding carboxylic acids is 1. The molecule has 1 saturated carbocycles. The van der Waals surface area contributed by atoms with E-state index in [4.69, 9.17) is 15.1 Å². The molecule has 1 aliphatic heterocycles. The van der Waals surface area contributed by atoms with E-state index in [2.05, 4.69) is 0 Å². The van der Waals surface area contributed by atoms with Gasteiger partial charge in [0.05, 0.1) is 19.2 Å². The van der Waals surface area contributed by atoms with Crippen LogP contribution < -0.4 is 0 Å². The number of rotatable bonds is 2. The lowest BCUT2D eigenvalue weighted by Crippen LogP contribution is -2.49. The van der Waals surface area contributed by atoms with Crippen molar-refractivity contribution in [3.8, 4) is 6.07 Å². The van der Waals surface area contributed by atoms with Crippen LogP contribution in [0.4, 0.5) is 0 Å². The van der Waals surface area contributed by atoms with Gasteiger partial charge in [0, 0.05) is 6.54 Å². The minimum atomic E-state index is -1.21. The first-order valence-electron chi connectivity index (χ1n) is 5.14. The molecule has 1 unspecified atom stereocenters. The normalized spacial score (nSPS) is 26.9. The highest BCUT2D eigenvalue weighted by atomic mass is 16.5. The molecule has 0 spiro atoms. The lowest BCUT2D eigenvalue weighted by Gasteiger charge is -2.31. The van der Waals surface area contributed by atoms with Crippen molar-refractivity contribution in [2.24, 2.45) is 5.41 Å². The van der Waals surface area contributed by atoms with Gasteiger partial charge in [-0.2, -0.15) is 5.26 Å². The smallest absolute Gasteiger partial charge is 0.319 e. The van der Waals surface area contributed by atoms with Gasteiger partial charge in [-0.15, -0.1) is 0 Å². The zero-order valence-corrected chi connectivity index (χ0v) is 8.68. The standard InChI is InChI=1S/C10H12N2O4/c11-5-7-6-12(3-4-16-7)8(13)10(1-2-10)9(14)15/h7H,1-4,6H2,(H,14,15). The number of nitriles is 1. The molecule has 0 radical (unpaired) electrons. The summed E-state index contributed by atoms with van der Waals surface area (Å²) >= 11 is 0. The molecule has 0 bridgehead atoms. The average molecular weight is 224 g/mol. The Labute approximate surface area is 92.4 Å². The molecule has 1 amide bonds. The van der Waals surface area contributed by atoms with Crippen molar-refractivity contribution in [2.45, 2.75) is 18.9 Å². The fourth-order valence-corrected chi connectivity index (χ4v) is 1.86. The zero-order valence-electron chi connectivity index (χ0n) is 8.68. The molecule has 6 nitrogen and oxygen atoms in total. The second kappa shape index (κ2) is 3.76. The van der Waals surface area contributed by atoms with E-state index in [1.807, 2.05) is 6.07 Å². The first-order chi connectivity index (χ1) is 7.60. The maximum atomic E-state index is 12.0. The molecule has 0 aromatic rings. The van der Waals surface area contributed by atoms with Crippen molar-refractivity contribution in [1.82, 2.24) is 4.90 Å². The fourth-order valence-electron chi connectivity index (χ4n) is 1.86. The maximum absolute atomic E-state index is 12.0. The van der Waals surface area contributed by atoms with Crippen LogP contribution in [-0.2, 0) is 14.3 Å². The first kappa shape index (κ1) is 10.9. The van der Waals surface area contributed by atoms with Crippen LogP contribution in [0.25, 0.3) is 0 Å². The van der Waals surface area contributed by atoms with Gasteiger partial charge in [-0.3, -0.25) is 9.59 Å². The monoisotopic (exact) mass is 224 g/mol. The number of morpholine rings is 1. The van der Waals surface area contributed by atoms with E-state index < -0.39 is 17.5 Å². The molecule has 1 N–H and O–H groups in total. The second-order valence-corrected chi connectivity index (χ2v) is 4.13. The second-order valence-electron chi connectivity index (χ2n) is 4.13. The van der Waals surface area contributed by atoms with E-state index in [1.54, 1.807) is 0 Å². The molecule has 1 atom stereocenters. The maximum Gasteiger partial charge on any atom is 0.319 e. The summed E-state index contributed by atoms with van der Waals surface area (Å²) in [5.74, 6) is -1.43. The molecule has 2 rings (SSSR count). The zero-order chi connectivity index (χ0) is 11.8. The quantitative estimate of drug-likeness (QED) is 0.644. The molecule has 2 fully saturated rings. The number of nitrogens with zero attached hydrogens (tertiary/aromatic N) is 2. The van der Waals surface area contributed by atoms with Crippen molar-refractivity contribution in [3.63, 3.8) is 0 Å². The largest absolute Gasteiger partial charge is 0.480 e. The summed E-state index contributed by atoms with van der Waals surface area (Å²) in [6.07, 6.45) is 0.160. The van der Waals surface area contributed by atoms with Gasteiger partial charge in [0.25, 0.3) is 0 Å². The molecule has 0 aromatic heterocycles. The van der Waals surface area contributed by atoms with Crippen LogP contribution in [0.2, 0.25) is 0 Å². The SMILES string of the molecule is N#CC1CN(C(=O)C2(C(=O)O)CC2)CCO1. The van der Waals surface area contributed by atoms with Crippen LogP contribution in [0, 0.1) is 16.7 Å². The van der Waals surface area contributed by atoms with Crippen molar-refractivity contribution in [3.05, 3.63) is 0 Å². The third kappa shape index (κ3) is 1.63. The predicted molar refractivity (Wildman–Crippen MR) is 51.2 cm³/mol. The van der Waals surface area contributed by atoms with Crippen molar-refractivity contribution in [1.29, 1.82) is 5.26 Å². The number of hydrogen-bond donors (Lipinski definition) is 1. The molecule has 16 heavy (non-hydrogen) atoms. The van der Waals surface area contributed by atoms with Gasteiger partial charge in [0.1, 0.15) is 5.41 Å². The summed E-state index contributed by atoms with van der Waals surface area (Å²) in [5.41, 5.74) is -1.21. The number of amides is 1. The van der Waals surface area contributed by atoms with Crippen LogP contribution in [0.3, 0.4) is 0 Å². The molecule has 6 heteroatoms. The highest BCUT2D eigenvalue weighted by Gasteiger charge is 2.58. The summed E-state index contributed by atoms with van der Waals surface area (Å²) < 4.78 is 5.10. The van der Waals surface area contributed by atoms with Crippen molar-refractivity contribution in [2.75, 3.05) is 19.7 Å². The van der Waals surface area contributed by atoms with Gasteiger partial charge in [0.2, 0.25) is 5.91 Å². The number of ether oxygens (including phenoxy) is 1. The van der Waals surface area contributed by atoms with Gasteiger partial charge in [0.15, 0.2) is 6.10 Å². The molecule has 86 valence electrons. The Balaban J connectivity index is 2.06. The van der Waals surface area contributed by atoms with E-state index in [-0.39, 0.29) is 12.5 Å². The van der Waals surface area contributed by atoms with E-state index in [0.29, 0.717) is 26.0 Å². The van der Waals surface area contributed by atoms with Gasteiger partial charge < -0.3 is 14.7 Å². The third-order valence-corrected chi connectivity index (χ3v) is 3.07. The van der Waals surface area contributed by atoms with Gasteiger partial charge in [-0.05, 0) is 12.8 Å². The molecule has 1 saturated heterocycles. The predicted octanol–water partition coefficient (Wildman–Crippen LogP) is -0.398. The minimum Gasteiger partial charge on any atom is -0.480 e. The van der Waals surface area contributed by atoms with Gasteiger partial charge >= 0.3 is 5.97 Å². The van der Waals surface area contributed by atoms with Crippen LogP contribution in [0.1, 0.15) is 12.8 Å². The first-order valence-corrected chi connectivity index (χ1v) is 5.14. The Bertz CT molecular complexity index is 370. The number of aliphatic carboxylic acids is 1. The summed E-state index contributed by atoms with van der Waals surface area (Å²) in [4.78, 5) is 24.4. The Morgan fingerprint density at radius 1 is 1.50 bits per heavy atom. The number of carboxylic acid groups (broad SMARTS) is 1. The molecular formula is C10H12N2O4. The number of hydrogen-bond acceptors (Lipinski definition) is 4. The Morgan fingerprint density at radius 2 is 2.19 bits per heavy atom. The summed E-state index contributed by atoms with van der Waals surface area (Å²) in [6.45, 7) is 0.829. The Morgan fingerprint density at radius 3 is 2.69 bits per heavy atom. The molecule has 1 heterocycles. The lowest BCUT2D eigenvalue weighted by atomic mass is 10.1. The van der Waals surface area contributed by atoms with Gasteiger partial charge in [-0.25, -0.2) is 0 Å². The molecule has 0 aromatic carbocycles. The number of carboxylic acids is 1. The summed E-state index contributed by atoms with van der Waals surface area (Å²) in [6, 6.07) is 1.93. The Hall–Kier alpha value is -1.61. The summed E-state index contributed by atoms with van der Waals surface area (Å²) in [5, 5.41) is 17.7. The van der Waals surface area contributed by atoms with Crippen molar-refractivity contribution >= 4 is 11.9 Å². The summed E-state index contributed by atoms with van der Waals surface area (Å²) in [7, 11) is 0. The van der Waals surface area contributed by atoms with Crippen LogP contribution >= 0.6 is 0 Å². The topological polar surface area (TPSA) is 90.6 Å². The van der Waals surface area contributed by atoms with E-state index in [9.17, 15) is 9.59 Å². The highest BCUT2D eigenvalue weighted by molar-refractivity contribution is 6.04. The third-order valence-electron chi connectivity index (χ3n) is 3.07. The average Bonchev–Trinajstić information content (AvgIpc) is 3.09. The number of carbonyl (C=O) groups is 2. The van der Waals surface area contributed by atoms with E-state index in [0.717, 1.165) is 0 Å². The highest BCUT2D eigenvalue weighted by Crippen LogP contribution is 2.47. The molecular weight excluding hydrogens is 212 g/mol. The minimum absolute atomic E-state index is 0.171. The molecule has 1 aliphatic carbocycles. The molecule has 2 aliphatic rings. The Kier molecular flexibility index (Phi) is 2.56. The van der Waals surface area contributed by atoms with Crippen LogP contribution in [-0.4, -0.2) is 47.7 Å². The van der Waals surface area contributed by atoms with E-state index in [1.165, 1.54) is 4.90 Å². The lowest BCUT2D eigenvalue weighted by molar-refractivity contribution is -0.156. The van der Waals surface area contributed by atoms with Crippen LogP contribution in [0.5, 0.6) is 0 Å². The van der Waals surface area contributed by atoms with E-state index >= 15 is 0 Å². The fraction of sp³-hybridized carbons (Fsp3) is 0.700. The van der Waals surface area contributed by atoms with Crippen molar-refractivity contribution < 1.29 is 19.4 Å². The van der Waals surface area contributed by atoms with Gasteiger partial charge in [-0.1, -0.05) is 0 Å².